The molecule has 2 rings (SSSR count). The van der Waals surface area contributed by atoms with Gasteiger partial charge in [0.25, 0.3) is 0 Å². The lowest BCUT2D eigenvalue weighted by Crippen LogP contribution is -2.39. The van der Waals surface area contributed by atoms with Gasteiger partial charge in [-0.15, -0.1) is 0 Å². The first-order valence-electron chi connectivity index (χ1n) is 5.87. The zero-order valence-corrected chi connectivity index (χ0v) is 9.56. The minimum atomic E-state index is -0.908. The molecule has 0 aromatic rings. The van der Waals surface area contributed by atoms with Crippen LogP contribution in [-0.2, 0) is 4.79 Å². The molecule has 90 valence electrons. The fourth-order valence-electron chi connectivity index (χ4n) is 2.66. The van der Waals surface area contributed by atoms with Crippen LogP contribution in [0.2, 0.25) is 0 Å². The van der Waals surface area contributed by atoms with Crippen LogP contribution in [0.1, 0.15) is 32.1 Å². The monoisotopic (exact) mass is 226 g/mol. The standard InChI is InChI=1S/C11H18N2O3/c1-12-9(10(14)15)7-13(11(12)16)8-5-3-2-4-6-8/h8-9H,2-7H2,1H3,(H,14,15). The third kappa shape index (κ3) is 1.86. The first kappa shape index (κ1) is 11.2. The average molecular weight is 226 g/mol. The second-order valence-electron chi connectivity index (χ2n) is 4.69. The predicted molar refractivity (Wildman–Crippen MR) is 58.2 cm³/mol. The van der Waals surface area contributed by atoms with Crippen LogP contribution >= 0.6 is 0 Å². The van der Waals surface area contributed by atoms with Crippen molar-refractivity contribution in [3.05, 3.63) is 0 Å². The van der Waals surface area contributed by atoms with Gasteiger partial charge in [0.05, 0.1) is 6.54 Å². The second kappa shape index (κ2) is 4.31. The van der Waals surface area contributed by atoms with E-state index in [1.165, 1.54) is 11.3 Å². The Balaban J connectivity index is 2.06. The third-order valence-corrected chi connectivity index (χ3v) is 3.69. The van der Waals surface area contributed by atoms with E-state index in [4.69, 9.17) is 5.11 Å². The summed E-state index contributed by atoms with van der Waals surface area (Å²) >= 11 is 0. The fraction of sp³-hybridized carbons (Fsp3) is 0.818. The highest BCUT2D eigenvalue weighted by Crippen LogP contribution is 2.27. The van der Waals surface area contributed by atoms with E-state index >= 15 is 0 Å². The minimum Gasteiger partial charge on any atom is -0.480 e. The van der Waals surface area contributed by atoms with Crippen LogP contribution in [0.15, 0.2) is 0 Å². The molecule has 1 heterocycles. The first-order valence-corrected chi connectivity index (χ1v) is 5.87. The zero-order chi connectivity index (χ0) is 11.7. The Morgan fingerprint density at radius 1 is 1.31 bits per heavy atom. The van der Waals surface area contributed by atoms with Gasteiger partial charge in [0, 0.05) is 13.1 Å². The molecule has 1 aliphatic carbocycles. The number of carbonyl (C=O) groups excluding carboxylic acids is 1. The van der Waals surface area contributed by atoms with Gasteiger partial charge >= 0.3 is 12.0 Å². The first-order chi connectivity index (χ1) is 7.61. The third-order valence-electron chi connectivity index (χ3n) is 3.69. The van der Waals surface area contributed by atoms with Crippen LogP contribution < -0.4 is 0 Å². The summed E-state index contributed by atoms with van der Waals surface area (Å²) in [6.45, 7) is 0.343. The molecular weight excluding hydrogens is 208 g/mol. The van der Waals surface area contributed by atoms with E-state index in [2.05, 4.69) is 0 Å². The summed E-state index contributed by atoms with van der Waals surface area (Å²) in [5.74, 6) is -0.908. The van der Waals surface area contributed by atoms with Crippen molar-refractivity contribution in [3.8, 4) is 0 Å². The number of likely N-dealkylation sites (N-methyl/N-ethyl adjacent to an activating group) is 1. The molecule has 1 saturated carbocycles. The van der Waals surface area contributed by atoms with Crippen LogP contribution in [0.4, 0.5) is 4.79 Å². The van der Waals surface area contributed by atoms with Crippen molar-refractivity contribution in [1.82, 2.24) is 9.80 Å². The molecule has 0 aromatic heterocycles. The van der Waals surface area contributed by atoms with Crippen LogP contribution in [0, 0.1) is 0 Å². The highest BCUT2D eigenvalue weighted by Gasteiger charge is 2.42. The number of urea groups is 1. The molecule has 1 atom stereocenters. The molecule has 5 heteroatoms. The molecule has 1 saturated heterocycles. The van der Waals surface area contributed by atoms with Gasteiger partial charge in [-0.2, -0.15) is 0 Å². The summed E-state index contributed by atoms with van der Waals surface area (Å²) < 4.78 is 0. The van der Waals surface area contributed by atoms with Gasteiger partial charge in [0.1, 0.15) is 6.04 Å². The molecule has 0 aromatic carbocycles. The smallest absolute Gasteiger partial charge is 0.328 e. The Morgan fingerprint density at radius 3 is 2.44 bits per heavy atom. The Bertz CT molecular complexity index is 300. The van der Waals surface area contributed by atoms with Gasteiger partial charge < -0.3 is 14.9 Å². The number of carbonyl (C=O) groups is 2. The summed E-state index contributed by atoms with van der Waals surface area (Å²) in [5.41, 5.74) is 0. The molecule has 5 nitrogen and oxygen atoms in total. The van der Waals surface area contributed by atoms with E-state index in [9.17, 15) is 9.59 Å². The number of carboxylic acid groups (broad SMARTS) is 1. The van der Waals surface area contributed by atoms with E-state index in [0.29, 0.717) is 6.54 Å². The topological polar surface area (TPSA) is 60.9 Å². The van der Waals surface area contributed by atoms with E-state index in [1.54, 1.807) is 11.9 Å². The Hall–Kier alpha value is -1.26. The van der Waals surface area contributed by atoms with Crippen LogP contribution in [0.3, 0.4) is 0 Å². The molecular formula is C11H18N2O3. The van der Waals surface area contributed by atoms with E-state index < -0.39 is 12.0 Å². The Morgan fingerprint density at radius 2 is 1.94 bits per heavy atom. The molecule has 1 aliphatic heterocycles. The maximum Gasteiger partial charge on any atom is 0.328 e. The maximum absolute atomic E-state index is 11.9. The normalized spacial score (nSPS) is 27.6. The van der Waals surface area contributed by atoms with E-state index in [-0.39, 0.29) is 12.1 Å². The van der Waals surface area contributed by atoms with Crippen LogP contribution in [0.5, 0.6) is 0 Å². The zero-order valence-electron chi connectivity index (χ0n) is 9.56. The Kier molecular flexibility index (Phi) is 3.03. The largest absolute Gasteiger partial charge is 0.480 e. The van der Waals surface area contributed by atoms with Crippen molar-refractivity contribution in [2.75, 3.05) is 13.6 Å². The number of hydrogen-bond donors (Lipinski definition) is 1. The molecule has 0 bridgehead atoms. The average Bonchev–Trinajstić information content (AvgIpc) is 2.58. The number of carboxylic acids is 1. The molecule has 0 spiro atoms. The van der Waals surface area contributed by atoms with Gasteiger partial charge in [-0.05, 0) is 12.8 Å². The van der Waals surface area contributed by atoms with Crippen molar-refractivity contribution < 1.29 is 14.7 Å². The molecule has 2 fully saturated rings. The number of amides is 2. The van der Waals surface area contributed by atoms with Crippen LogP contribution in [-0.4, -0.2) is 52.6 Å². The van der Waals surface area contributed by atoms with E-state index in [0.717, 1.165) is 25.7 Å². The lowest BCUT2D eigenvalue weighted by atomic mass is 9.94. The van der Waals surface area contributed by atoms with Gasteiger partial charge in [0.15, 0.2) is 0 Å². The summed E-state index contributed by atoms with van der Waals surface area (Å²) in [4.78, 5) is 26.0. The molecule has 2 aliphatic rings. The van der Waals surface area contributed by atoms with Gasteiger partial charge in [-0.3, -0.25) is 0 Å². The number of hydrogen-bond acceptors (Lipinski definition) is 2. The summed E-state index contributed by atoms with van der Waals surface area (Å²) in [7, 11) is 1.57. The molecule has 16 heavy (non-hydrogen) atoms. The Labute approximate surface area is 95.0 Å². The maximum atomic E-state index is 11.9. The van der Waals surface area contributed by atoms with Gasteiger partial charge in [-0.25, -0.2) is 9.59 Å². The van der Waals surface area contributed by atoms with Crippen molar-refractivity contribution in [2.45, 2.75) is 44.2 Å². The van der Waals surface area contributed by atoms with Crippen molar-refractivity contribution in [1.29, 1.82) is 0 Å². The molecule has 1 unspecified atom stereocenters. The number of aliphatic carboxylic acids is 1. The lowest BCUT2D eigenvalue weighted by Gasteiger charge is -2.30. The summed E-state index contributed by atoms with van der Waals surface area (Å²) in [6, 6.07) is -0.540. The second-order valence-corrected chi connectivity index (χ2v) is 4.69. The van der Waals surface area contributed by atoms with Gasteiger partial charge in [0.2, 0.25) is 0 Å². The van der Waals surface area contributed by atoms with Crippen LogP contribution in [0.25, 0.3) is 0 Å². The minimum absolute atomic E-state index is 0.126. The summed E-state index contributed by atoms with van der Waals surface area (Å²) in [5, 5.41) is 9.00. The highest BCUT2D eigenvalue weighted by atomic mass is 16.4. The SMILES string of the molecule is CN1C(=O)N(C2CCCCC2)CC1C(=O)O. The lowest BCUT2D eigenvalue weighted by molar-refractivity contribution is -0.140. The highest BCUT2D eigenvalue weighted by molar-refractivity contribution is 5.86. The van der Waals surface area contributed by atoms with E-state index in [1.807, 2.05) is 0 Å². The van der Waals surface area contributed by atoms with Crippen molar-refractivity contribution >= 4 is 12.0 Å². The molecule has 0 radical (unpaired) electrons. The number of rotatable bonds is 2. The van der Waals surface area contributed by atoms with Crippen molar-refractivity contribution in [3.63, 3.8) is 0 Å². The van der Waals surface area contributed by atoms with Gasteiger partial charge in [-0.1, -0.05) is 19.3 Å². The number of nitrogens with zero attached hydrogens (tertiary/aromatic N) is 2. The molecule has 1 N–H and O–H groups in total. The quantitative estimate of drug-likeness (QED) is 0.768. The predicted octanol–water partition coefficient (Wildman–Crippen LogP) is 1.14. The van der Waals surface area contributed by atoms with Crippen molar-refractivity contribution in [2.24, 2.45) is 0 Å². The fourth-order valence-corrected chi connectivity index (χ4v) is 2.66. The molecule has 2 amide bonds. The summed E-state index contributed by atoms with van der Waals surface area (Å²) in [6.07, 6.45) is 5.57.